The van der Waals surface area contributed by atoms with Crippen molar-refractivity contribution < 1.29 is 23.9 Å². The third kappa shape index (κ3) is 5.59. The molecule has 7 nitrogen and oxygen atoms in total. The molecule has 1 aliphatic carbocycles. The van der Waals surface area contributed by atoms with Crippen molar-refractivity contribution in [2.45, 2.75) is 64.0 Å². The van der Waals surface area contributed by atoms with Crippen LogP contribution in [0.15, 0.2) is 48.5 Å². The topological polar surface area (TPSA) is 92.8 Å². The van der Waals surface area contributed by atoms with Crippen molar-refractivity contribution in [1.82, 2.24) is 5.32 Å². The van der Waals surface area contributed by atoms with Crippen molar-refractivity contribution in [3.05, 3.63) is 65.2 Å². The van der Waals surface area contributed by atoms with Gasteiger partial charge in [0.05, 0.1) is 23.7 Å². The third-order valence-electron chi connectivity index (χ3n) is 6.51. The monoisotopic (exact) mass is 462 g/mol. The van der Waals surface area contributed by atoms with Gasteiger partial charge in [0.15, 0.2) is 12.4 Å². The van der Waals surface area contributed by atoms with Gasteiger partial charge in [-0.05, 0) is 44.0 Å². The van der Waals surface area contributed by atoms with Crippen molar-refractivity contribution >= 4 is 29.3 Å². The van der Waals surface area contributed by atoms with Crippen LogP contribution < -0.4 is 10.2 Å². The molecule has 2 aromatic rings. The highest BCUT2D eigenvalue weighted by Gasteiger charge is 2.40. The maximum Gasteiger partial charge on any atom is 0.338 e. The van der Waals surface area contributed by atoms with Gasteiger partial charge in [0.2, 0.25) is 5.91 Å². The number of ether oxygens (including phenoxy) is 1. The Morgan fingerprint density at radius 3 is 2.18 bits per heavy atom. The van der Waals surface area contributed by atoms with Gasteiger partial charge in [-0.25, -0.2) is 9.69 Å². The zero-order valence-electron chi connectivity index (χ0n) is 19.4. The number of amides is 2. The van der Waals surface area contributed by atoms with Crippen molar-refractivity contribution in [3.63, 3.8) is 0 Å². The predicted molar refractivity (Wildman–Crippen MR) is 128 cm³/mol. The van der Waals surface area contributed by atoms with Gasteiger partial charge in [0.1, 0.15) is 0 Å². The van der Waals surface area contributed by atoms with E-state index >= 15 is 0 Å². The summed E-state index contributed by atoms with van der Waals surface area (Å²) in [4.78, 5) is 51.3. The van der Waals surface area contributed by atoms with E-state index in [0.717, 1.165) is 31.2 Å². The predicted octanol–water partition coefficient (Wildman–Crippen LogP) is 3.98. The fourth-order valence-corrected chi connectivity index (χ4v) is 4.55. The van der Waals surface area contributed by atoms with Crippen LogP contribution >= 0.6 is 0 Å². The molecule has 1 heterocycles. The summed E-state index contributed by atoms with van der Waals surface area (Å²) in [7, 11) is 0. The Morgan fingerprint density at radius 1 is 0.912 bits per heavy atom. The summed E-state index contributed by atoms with van der Waals surface area (Å²) >= 11 is 0. The molecule has 0 aromatic heterocycles. The number of rotatable bonds is 7. The number of hydrogen-bond acceptors (Lipinski definition) is 6. The van der Waals surface area contributed by atoms with E-state index in [-0.39, 0.29) is 42.2 Å². The van der Waals surface area contributed by atoms with Crippen LogP contribution in [0.25, 0.3) is 0 Å². The highest BCUT2D eigenvalue weighted by molar-refractivity contribution is 6.22. The van der Waals surface area contributed by atoms with Gasteiger partial charge in [-0.3, -0.25) is 14.4 Å². The van der Waals surface area contributed by atoms with Gasteiger partial charge in [0, 0.05) is 11.6 Å². The molecular weight excluding hydrogens is 432 g/mol. The number of aryl methyl sites for hydroxylation is 1. The summed E-state index contributed by atoms with van der Waals surface area (Å²) in [6.07, 6.45) is 6.92. The smallest absolute Gasteiger partial charge is 0.338 e. The number of imide groups is 1. The molecule has 178 valence electrons. The van der Waals surface area contributed by atoms with Crippen LogP contribution in [-0.4, -0.2) is 42.3 Å². The molecule has 4 rings (SSSR count). The largest absolute Gasteiger partial charge is 0.454 e. The van der Waals surface area contributed by atoms with Crippen molar-refractivity contribution in [2.75, 3.05) is 11.5 Å². The van der Waals surface area contributed by atoms with Crippen LogP contribution in [0.4, 0.5) is 5.69 Å². The van der Waals surface area contributed by atoms with Gasteiger partial charge in [-0.15, -0.1) is 0 Å². The molecule has 2 aromatic carbocycles. The van der Waals surface area contributed by atoms with Crippen molar-refractivity contribution in [3.8, 4) is 0 Å². The minimum atomic E-state index is -0.640. The Bertz CT molecular complexity index is 1050. The molecule has 1 saturated carbocycles. The molecule has 1 saturated heterocycles. The van der Waals surface area contributed by atoms with E-state index in [1.165, 1.54) is 29.9 Å². The normalized spacial score (nSPS) is 19.2. The maximum absolute atomic E-state index is 12.9. The van der Waals surface area contributed by atoms with E-state index in [1.54, 1.807) is 24.3 Å². The van der Waals surface area contributed by atoms with E-state index in [1.807, 2.05) is 19.1 Å². The van der Waals surface area contributed by atoms with Gasteiger partial charge in [0.25, 0.3) is 5.91 Å². The standard InChI is InChI=1S/C27H30N2O5/c1-18-8-10-19(11-9-18)24(30)17-34-27(33)20-12-14-22(15-13-20)29-25(31)16-23(26(29)32)28-21-6-4-2-3-5-7-21/h8-15,21,23,28H,2-7,16-17H2,1H3. The lowest BCUT2D eigenvalue weighted by atomic mass is 10.1. The lowest BCUT2D eigenvalue weighted by Crippen LogP contribution is -2.43. The van der Waals surface area contributed by atoms with Gasteiger partial charge in [-0.1, -0.05) is 55.5 Å². The first kappa shape index (κ1) is 23.8. The molecule has 0 spiro atoms. The number of benzene rings is 2. The zero-order chi connectivity index (χ0) is 24.1. The highest BCUT2D eigenvalue weighted by atomic mass is 16.5. The minimum absolute atomic E-state index is 0.139. The van der Waals surface area contributed by atoms with E-state index in [0.29, 0.717) is 11.3 Å². The molecule has 7 heteroatoms. The zero-order valence-corrected chi connectivity index (χ0v) is 19.4. The highest BCUT2D eigenvalue weighted by Crippen LogP contribution is 2.25. The second-order valence-corrected chi connectivity index (χ2v) is 9.09. The summed E-state index contributed by atoms with van der Waals surface area (Å²) in [5, 5.41) is 3.39. The number of nitrogens with zero attached hydrogens (tertiary/aromatic N) is 1. The lowest BCUT2D eigenvalue weighted by molar-refractivity contribution is -0.121. The van der Waals surface area contributed by atoms with E-state index in [4.69, 9.17) is 4.74 Å². The summed E-state index contributed by atoms with van der Waals surface area (Å²) < 4.78 is 5.15. The fraction of sp³-hybridized carbons (Fsp3) is 0.407. The summed E-state index contributed by atoms with van der Waals surface area (Å²) in [6, 6.07) is 12.9. The Labute approximate surface area is 199 Å². The number of carbonyl (C=O) groups is 4. The Balaban J connectivity index is 1.34. The first-order chi connectivity index (χ1) is 16.4. The Morgan fingerprint density at radius 2 is 1.53 bits per heavy atom. The molecule has 1 atom stereocenters. The van der Waals surface area contributed by atoms with E-state index in [2.05, 4.69) is 5.32 Å². The van der Waals surface area contributed by atoms with Crippen LogP contribution in [0.1, 0.15) is 71.2 Å². The summed E-state index contributed by atoms with van der Waals surface area (Å²) in [5.41, 5.74) is 2.18. The van der Waals surface area contributed by atoms with E-state index < -0.39 is 12.0 Å². The average molecular weight is 463 g/mol. The molecule has 1 aliphatic heterocycles. The number of carbonyl (C=O) groups excluding carboxylic acids is 4. The fourth-order valence-electron chi connectivity index (χ4n) is 4.55. The maximum atomic E-state index is 12.9. The minimum Gasteiger partial charge on any atom is -0.454 e. The Kier molecular flexibility index (Phi) is 7.53. The molecule has 2 aliphatic rings. The van der Waals surface area contributed by atoms with Crippen molar-refractivity contribution in [2.24, 2.45) is 0 Å². The molecule has 1 unspecified atom stereocenters. The van der Waals surface area contributed by atoms with Gasteiger partial charge in [-0.2, -0.15) is 0 Å². The number of Topliss-reactive ketones (excluding diaryl/α,β-unsaturated/α-hetero) is 1. The number of nitrogens with one attached hydrogen (secondary N) is 1. The number of anilines is 1. The molecule has 2 fully saturated rings. The average Bonchev–Trinajstić information content (AvgIpc) is 2.99. The molecule has 0 radical (unpaired) electrons. The lowest BCUT2D eigenvalue weighted by Gasteiger charge is -2.21. The number of ketones is 1. The van der Waals surface area contributed by atoms with Crippen LogP contribution in [0.3, 0.4) is 0 Å². The first-order valence-electron chi connectivity index (χ1n) is 11.9. The molecule has 1 N–H and O–H groups in total. The van der Waals surface area contributed by atoms with Crippen molar-refractivity contribution in [1.29, 1.82) is 0 Å². The van der Waals surface area contributed by atoms with E-state index in [9.17, 15) is 19.2 Å². The molecule has 34 heavy (non-hydrogen) atoms. The van der Waals surface area contributed by atoms with Crippen LogP contribution in [0.5, 0.6) is 0 Å². The molecule has 0 bridgehead atoms. The van der Waals surface area contributed by atoms with Crippen LogP contribution in [-0.2, 0) is 14.3 Å². The summed E-state index contributed by atoms with van der Waals surface area (Å²) in [5.74, 6) is -1.44. The number of hydrogen-bond donors (Lipinski definition) is 1. The second kappa shape index (κ2) is 10.7. The van der Waals surface area contributed by atoms with Gasteiger partial charge < -0.3 is 10.1 Å². The first-order valence-corrected chi connectivity index (χ1v) is 11.9. The van der Waals surface area contributed by atoms with Crippen LogP contribution in [0.2, 0.25) is 0 Å². The number of esters is 1. The van der Waals surface area contributed by atoms with Gasteiger partial charge >= 0.3 is 5.97 Å². The quantitative estimate of drug-likeness (QED) is 0.290. The third-order valence-corrected chi connectivity index (χ3v) is 6.51. The molecule has 2 amide bonds. The second-order valence-electron chi connectivity index (χ2n) is 9.09. The van der Waals surface area contributed by atoms with Crippen LogP contribution in [0, 0.1) is 6.92 Å². The molecular formula is C27H30N2O5. The summed E-state index contributed by atoms with van der Waals surface area (Å²) in [6.45, 7) is 1.57. The Hall–Kier alpha value is -3.32. The SMILES string of the molecule is Cc1ccc(C(=O)COC(=O)c2ccc(N3C(=O)CC(NC4CCCCCC4)C3=O)cc2)cc1.